The molecule has 0 atom stereocenters. The number of ether oxygens (including phenoxy) is 5. The number of amides is 1. The molecule has 1 amide bonds. The zero-order valence-electron chi connectivity index (χ0n) is 36.5. The third-order valence-electron chi connectivity index (χ3n) is 11.7. The molecular formula is C49H58N4O9. The standard InChI is InChI=1S/C34H43N3O6.C15H15NO3/c1-23-19-32(38)36(29-21-27(8-9-28(23)29)42-26-6-7-26)16-15-35-13-11-25(12-14-35)37(33(39)43-34(2,3)4)22-24-5-10-30-31(20-24)41-18-17-40-30;1-10-8-15(18)16(6-7-17)14-9-12(4-5-13(10)14)19-11-2-3-11/h5,8-10,19-21,25-26H,6-7,11-18,22H2,1-4H3;4-5,7-9,11H,2-3,6H2,1H3. The molecule has 3 aromatic carbocycles. The summed E-state index contributed by atoms with van der Waals surface area (Å²) in [5.41, 5.74) is 3.84. The molecular weight excluding hydrogens is 789 g/mol. The fraction of sp³-hybridized carbons (Fsp3) is 0.469. The van der Waals surface area contributed by atoms with Crippen LogP contribution in [0.15, 0.2) is 76.3 Å². The number of carbonyl (C=O) groups excluding carboxylic acids is 2. The van der Waals surface area contributed by atoms with E-state index in [0.717, 1.165) is 120 Å². The summed E-state index contributed by atoms with van der Waals surface area (Å²) in [6.45, 7) is 14.2. The highest BCUT2D eigenvalue weighted by atomic mass is 16.6. The van der Waals surface area contributed by atoms with Gasteiger partial charge in [0.15, 0.2) is 11.5 Å². The molecule has 62 heavy (non-hydrogen) atoms. The minimum atomic E-state index is -0.587. The topological polar surface area (TPSA) is 131 Å². The van der Waals surface area contributed by atoms with Crippen LogP contribution in [0.5, 0.6) is 23.0 Å². The van der Waals surface area contributed by atoms with E-state index in [1.807, 2.05) is 92.6 Å². The van der Waals surface area contributed by atoms with Gasteiger partial charge in [0.25, 0.3) is 11.1 Å². The predicted molar refractivity (Wildman–Crippen MR) is 238 cm³/mol. The van der Waals surface area contributed by atoms with Crippen molar-refractivity contribution in [1.82, 2.24) is 18.9 Å². The molecule has 4 heterocycles. The Hall–Kier alpha value is -5.82. The molecule has 2 saturated carbocycles. The number of carbonyl (C=O) groups is 2. The number of fused-ring (bicyclic) bond motifs is 3. The maximum atomic E-state index is 13.4. The van der Waals surface area contributed by atoms with Gasteiger partial charge in [0, 0.05) is 73.8 Å². The molecule has 0 spiro atoms. The fourth-order valence-electron chi connectivity index (χ4n) is 8.19. The Bertz CT molecular complexity index is 2560. The van der Waals surface area contributed by atoms with Crippen molar-refractivity contribution < 1.29 is 33.3 Å². The highest BCUT2D eigenvalue weighted by Gasteiger charge is 2.32. The smallest absolute Gasteiger partial charge is 0.410 e. The molecule has 2 aliphatic heterocycles. The van der Waals surface area contributed by atoms with E-state index in [1.165, 1.54) is 4.57 Å². The Labute approximate surface area is 362 Å². The number of pyridine rings is 2. The van der Waals surface area contributed by atoms with Gasteiger partial charge in [-0.25, -0.2) is 4.79 Å². The highest BCUT2D eigenvalue weighted by molar-refractivity contribution is 5.85. The van der Waals surface area contributed by atoms with Crippen molar-refractivity contribution in [2.45, 2.75) is 117 Å². The second kappa shape index (κ2) is 18.3. The van der Waals surface area contributed by atoms with Gasteiger partial charge in [0.05, 0.1) is 29.8 Å². The third kappa shape index (κ3) is 10.4. The number of aldehydes is 1. The minimum Gasteiger partial charge on any atom is -0.490 e. The van der Waals surface area contributed by atoms with Crippen LogP contribution < -0.4 is 30.1 Å². The number of rotatable bonds is 12. The first kappa shape index (κ1) is 42.9. The number of nitrogens with zero attached hydrogens (tertiary/aromatic N) is 4. The maximum absolute atomic E-state index is 13.4. The fourth-order valence-corrected chi connectivity index (χ4v) is 8.19. The van der Waals surface area contributed by atoms with Crippen molar-refractivity contribution in [3.63, 3.8) is 0 Å². The molecule has 0 bridgehead atoms. The van der Waals surface area contributed by atoms with Gasteiger partial charge < -0.3 is 47.4 Å². The number of benzene rings is 3. The maximum Gasteiger partial charge on any atom is 0.410 e. The van der Waals surface area contributed by atoms with E-state index in [4.69, 9.17) is 23.7 Å². The van der Waals surface area contributed by atoms with E-state index in [9.17, 15) is 19.2 Å². The van der Waals surface area contributed by atoms with Crippen molar-refractivity contribution in [2.75, 3.05) is 32.8 Å². The number of piperidine rings is 1. The number of likely N-dealkylation sites (tertiary alicyclic amines) is 1. The second-order valence-corrected chi connectivity index (χ2v) is 17.9. The van der Waals surface area contributed by atoms with Gasteiger partial charge in [-0.1, -0.05) is 6.07 Å². The van der Waals surface area contributed by atoms with Gasteiger partial charge in [-0.2, -0.15) is 0 Å². The molecule has 0 N–H and O–H groups in total. The summed E-state index contributed by atoms with van der Waals surface area (Å²) in [5.74, 6) is 3.04. The molecule has 13 nitrogen and oxygen atoms in total. The molecule has 0 unspecified atom stereocenters. The van der Waals surface area contributed by atoms with Crippen LogP contribution in [0.1, 0.15) is 76.0 Å². The van der Waals surface area contributed by atoms with E-state index in [2.05, 4.69) is 11.0 Å². The Morgan fingerprint density at radius 2 is 1.29 bits per heavy atom. The highest BCUT2D eigenvalue weighted by Crippen LogP contribution is 2.33. The van der Waals surface area contributed by atoms with E-state index >= 15 is 0 Å². The summed E-state index contributed by atoms with van der Waals surface area (Å²) < 4.78 is 32.4. The van der Waals surface area contributed by atoms with Crippen molar-refractivity contribution in [3.05, 3.63) is 104 Å². The van der Waals surface area contributed by atoms with Crippen molar-refractivity contribution >= 4 is 34.2 Å². The lowest BCUT2D eigenvalue weighted by molar-refractivity contribution is -0.108. The van der Waals surface area contributed by atoms with Gasteiger partial charge >= 0.3 is 6.09 Å². The molecule has 0 radical (unpaired) electrons. The summed E-state index contributed by atoms with van der Waals surface area (Å²) in [7, 11) is 0. The van der Waals surface area contributed by atoms with Gasteiger partial charge in [0.1, 0.15) is 36.6 Å². The van der Waals surface area contributed by atoms with Crippen LogP contribution in [0, 0.1) is 13.8 Å². The van der Waals surface area contributed by atoms with Crippen LogP contribution in [0.2, 0.25) is 0 Å². The zero-order valence-corrected chi connectivity index (χ0v) is 36.5. The largest absolute Gasteiger partial charge is 0.490 e. The molecule has 1 saturated heterocycles. The minimum absolute atomic E-state index is 0.0130. The first-order valence-electron chi connectivity index (χ1n) is 22.0. The van der Waals surface area contributed by atoms with Crippen molar-refractivity contribution in [2.24, 2.45) is 0 Å². The summed E-state index contributed by atoms with van der Waals surface area (Å²) in [5, 5.41) is 2.05. The predicted octanol–water partition coefficient (Wildman–Crippen LogP) is 7.57. The number of hydrogen-bond acceptors (Lipinski definition) is 10. The van der Waals surface area contributed by atoms with Gasteiger partial charge in [0.2, 0.25) is 0 Å². The lowest BCUT2D eigenvalue weighted by Crippen LogP contribution is -2.49. The van der Waals surface area contributed by atoms with Crippen molar-refractivity contribution in [1.29, 1.82) is 0 Å². The summed E-state index contributed by atoms with van der Waals surface area (Å²) in [6, 6.07) is 21.0. The van der Waals surface area contributed by atoms with Crippen LogP contribution in [-0.2, 0) is 29.2 Å². The van der Waals surface area contributed by atoms with Gasteiger partial charge in [-0.05, 0) is 126 Å². The Balaban J connectivity index is 0.000000231. The van der Waals surface area contributed by atoms with Crippen LogP contribution in [0.3, 0.4) is 0 Å². The third-order valence-corrected chi connectivity index (χ3v) is 11.7. The first-order valence-corrected chi connectivity index (χ1v) is 22.0. The van der Waals surface area contributed by atoms with Crippen LogP contribution >= 0.6 is 0 Å². The molecule has 13 heteroatoms. The molecule has 328 valence electrons. The van der Waals surface area contributed by atoms with E-state index in [-0.39, 0.29) is 29.8 Å². The zero-order chi connectivity index (χ0) is 43.5. The molecule has 3 fully saturated rings. The average molecular weight is 847 g/mol. The summed E-state index contributed by atoms with van der Waals surface area (Å²) >= 11 is 0. The lowest BCUT2D eigenvalue weighted by Gasteiger charge is -2.39. The quantitative estimate of drug-likeness (QED) is 0.116. The normalized spacial score (nSPS) is 16.7. The molecule has 5 aromatic rings. The lowest BCUT2D eigenvalue weighted by atomic mass is 10.0. The van der Waals surface area contributed by atoms with Crippen LogP contribution in [-0.4, -0.2) is 88.0 Å². The second-order valence-electron chi connectivity index (χ2n) is 17.9. The van der Waals surface area contributed by atoms with Gasteiger partial charge in [-0.15, -0.1) is 0 Å². The van der Waals surface area contributed by atoms with E-state index in [1.54, 1.807) is 12.1 Å². The Morgan fingerprint density at radius 1 is 0.726 bits per heavy atom. The van der Waals surface area contributed by atoms with Gasteiger partial charge in [-0.3, -0.25) is 9.59 Å². The Kier molecular flexibility index (Phi) is 12.6. The first-order chi connectivity index (χ1) is 29.8. The van der Waals surface area contributed by atoms with Crippen LogP contribution in [0.4, 0.5) is 4.79 Å². The summed E-state index contributed by atoms with van der Waals surface area (Å²) in [6.07, 6.45) is 7.08. The van der Waals surface area contributed by atoms with E-state index < -0.39 is 5.60 Å². The summed E-state index contributed by atoms with van der Waals surface area (Å²) in [4.78, 5) is 53.5. The Morgan fingerprint density at radius 3 is 1.85 bits per heavy atom. The molecule has 2 aliphatic carbocycles. The SMILES string of the molecule is Cc1cc(=O)n(CC=O)c2cc(OC3CC3)ccc12.Cc1cc(=O)n(CCN2CCC(N(Cc3ccc4c(c3)OCCO4)C(=O)OC(C)(C)C)CC2)c2cc(OC3CC3)ccc12. The monoisotopic (exact) mass is 846 g/mol. The molecule has 4 aliphatic rings. The number of aromatic nitrogens is 2. The van der Waals surface area contributed by atoms with Crippen LogP contribution in [0.25, 0.3) is 21.8 Å². The number of aryl methyl sites for hydroxylation is 2. The molecule has 2 aromatic heterocycles. The molecule has 9 rings (SSSR count). The van der Waals surface area contributed by atoms with Crippen molar-refractivity contribution in [3.8, 4) is 23.0 Å². The van der Waals surface area contributed by atoms with E-state index in [0.29, 0.717) is 44.3 Å². The average Bonchev–Trinajstić information content (AvgIpc) is 4.19. The number of hydrogen-bond donors (Lipinski definition) is 0.